The second-order valence-corrected chi connectivity index (χ2v) is 3.63. The van der Waals surface area contributed by atoms with Gasteiger partial charge in [0.1, 0.15) is 5.02 Å². The Hall–Kier alpha value is -1.03. The second-order valence-electron chi connectivity index (χ2n) is 3.22. The predicted octanol–water partition coefficient (Wildman–Crippen LogP) is 1.74. The maximum absolute atomic E-state index is 6.01. The Labute approximate surface area is 87.9 Å². The van der Waals surface area contributed by atoms with Gasteiger partial charge in [0.05, 0.1) is 13.3 Å². The van der Waals surface area contributed by atoms with Crippen LogP contribution in [0.3, 0.4) is 0 Å². The van der Waals surface area contributed by atoms with E-state index in [0.717, 1.165) is 18.9 Å². The molecule has 5 heteroatoms. The Bertz CT molecular complexity index is 326. The van der Waals surface area contributed by atoms with Crippen molar-refractivity contribution in [1.29, 1.82) is 0 Å². The molecule has 0 N–H and O–H groups in total. The summed E-state index contributed by atoms with van der Waals surface area (Å²) < 4.78 is 4.96. The van der Waals surface area contributed by atoms with E-state index in [2.05, 4.69) is 14.9 Å². The quantitative estimate of drug-likeness (QED) is 0.750. The van der Waals surface area contributed by atoms with Crippen molar-refractivity contribution in [3.05, 3.63) is 11.2 Å². The molecule has 76 valence electrons. The van der Waals surface area contributed by atoms with Gasteiger partial charge >= 0.3 is 6.01 Å². The number of hydrogen-bond acceptors (Lipinski definition) is 4. The molecule has 0 saturated carbocycles. The van der Waals surface area contributed by atoms with E-state index in [4.69, 9.17) is 16.3 Å². The molecular weight excluding hydrogens is 202 g/mol. The number of ether oxygens (including phenoxy) is 1. The van der Waals surface area contributed by atoms with E-state index in [1.165, 1.54) is 12.8 Å². The highest BCUT2D eigenvalue weighted by molar-refractivity contribution is 6.32. The highest BCUT2D eigenvalue weighted by Gasteiger charge is 2.17. The molecule has 2 rings (SSSR count). The van der Waals surface area contributed by atoms with Crippen LogP contribution in [0.2, 0.25) is 5.02 Å². The van der Waals surface area contributed by atoms with Gasteiger partial charge in [-0.3, -0.25) is 0 Å². The SMILES string of the molecule is COc1ncc(Cl)c(N2CCCC2)n1. The van der Waals surface area contributed by atoms with Gasteiger partial charge in [0, 0.05) is 13.1 Å². The van der Waals surface area contributed by atoms with Crippen molar-refractivity contribution < 1.29 is 4.74 Å². The molecule has 1 fully saturated rings. The fourth-order valence-corrected chi connectivity index (χ4v) is 1.80. The second kappa shape index (κ2) is 4.00. The summed E-state index contributed by atoms with van der Waals surface area (Å²) in [7, 11) is 1.55. The monoisotopic (exact) mass is 213 g/mol. The zero-order chi connectivity index (χ0) is 9.97. The third-order valence-electron chi connectivity index (χ3n) is 2.29. The average Bonchev–Trinajstić information content (AvgIpc) is 2.71. The van der Waals surface area contributed by atoms with Crippen molar-refractivity contribution >= 4 is 17.4 Å². The van der Waals surface area contributed by atoms with Crippen LogP contribution in [0.5, 0.6) is 6.01 Å². The third-order valence-corrected chi connectivity index (χ3v) is 2.56. The topological polar surface area (TPSA) is 38.2 Å². The van der Waals surface area contributed by atoms with Gasteiger partial charge in [0.25, 0.3) is 0 Å². The van der Waals surface area contributed by atoms with Gasteiger partial charge < -0.3 is 9.64 Å². The van der Waals surface area contributed by atoms with E-state index in [0.29, 0.717) is 11.0 Å². The Kier molecular flexibility index (Phi) is 2.72. The van der Waals surface area contributed by atoms with Crippen molar-refractivity contribution in [2.24, 2.45) is 0 Å². The summed E-state index contributed by atoms with van der Waals surface area (Å²) in [6.45, 7) is 2.03. The van der Waals surface area contributed by atoms with Crippen LogP contribution in [-0.4, -0.2) is 30.2 Å². The molecule has 1 aliphatic rings. The number of hydrogen-bond donors (Lipinski definition) is 0. The summed E-state index contributed by atoms with van der Waals surface area (Å²) in [5.74, 6) is 0.788. The Morgan fingerprint density at radius 2 is 2.14 bits per heavy atom. The molecular formula is C9H12ClN3O. The summed E-state index contributed by atoms with van der Waals surface area (Å²) in [6.07, 6.45) is 3.98. The van der Waals surface area contributed by atoms with Gasteiger partial charge in [0.15, 0.2) is 5.82 Å². The van der Waals surface area contributed by atoms with Crippen LogP contribution in [-0.2, 0) is 0 Å². The fourth-order valence-electron chi connectivity index (χ4n) is 1.59. The molecule has 1 saturated heterocycles. The molecule has 0 spiro atoms. The first-order valence-electron chi connectivity index (χ1n) is 4.63. The number of rotatable bonds is 2. The molecule has 0 aliphatic carbocycles. The van der Waals surface area contributed by atoms with E-state index in [9.17, 15) is 0 Å². The van der Waals surface area contributed by atoms with Crippen LogP contribution in [0.25, 0.3) is 0 Å². The number of aromatic nitrogens is 2. The van der Waals surface area contributed by atoms with Crippen molar-refractivity contribution in [3.8, 4) is 6.01 Å². The largest absolute Gasteiger partial charge is 0.467 e. The molecule has 14 heavy (non-hydrogen) atoms. The van der Waals surface area contributed by atoms with Gasteiger partial charge in [-0.05, 0) is 12.8 Å². The number of halogens is 1. The lowest BCUT2D eigenvalue weighted by molar-refractivity contribution is 0.380. The third kappa shape index (κ3) is 1.75. The molecule has 1 aromatic rings. The summed E-state index contributed by atoms with van der Waals surface area (Å²) in [5, 5.41) is 0.590. The molecule has 2 heterocycles. The molecule has 1 aromatic heterocycles. The van der Waals surface area contributed by atoms with Crippen LogP contribution < -0.4 is 9.64 Å². The van der Waals surface area contributed by atoms with E-state index in [1.807, 2.05) is 0 Å². The van der Waals surface area contributed by atoms with Gasteiger partial charge in [0.2, 0.25) is 0 Å². The zero-order valence-corrected chi connectivity index (χ0v) is 8.79. The molecule has 0 radical (unpaired) electrons. The van der Waals surface area contributed by atoms with Crippen molar-refractivity contribution in [1.82, 2.24) is 9.97 Å². The molecule has 0 atom stereocenters. The van der Waals surface area contributed by atoms with Crippen LogP contribution >= 0.6 is 11.6 Å². The number of anilines is 1. The maximum Gasteiger partial charge on any atom is 0.318 e. The fraction of sp³-hybridized carbons (Fsp3) is 0.556. The van der Waals surface area contributed by atoms with Gasteiger partial charge in [-0.25, -0.2) is 4.98 Å². The molecule has 0 unspecified atom stereocenters. The van der Waals surface area contributed by atoms with E-state index in [1.54, 1.807) is 13.3 Å². The highest BCUT2D eigenvalue weighted by Crippen LogP contribution is 2.27. The predicted molar refractivity (Wildman–Crippen MR) is 55.0 cm³/mol. The highest BCUT2D eigenvalue weighted by atomic mass is 35.5. The smallest absolute Gasteiger partial charge is 0.318 e. The van der Waals surface area contributed by atoms with Crippen LogP contribution in [0.1, 0.15) is 12.8 Å². The lowest BCUT2D eigenvalue weighted by Crippen LogP contribution is -2.19. The van der Waals surface area contributed by atoms with Gasteiger partial charge in [-0.2, -0.15) is 4.98 Å². The van der Waals surface area contributed by atoms with Crippen molar-refractivity contribution in [3.63, 3.8) is 0 Å². The Morgan fingerprint density at radius 3 is 2.79 bits per heavy atom. The molecule has 1 aliphatic heterocycles. The normalized spacial score (nSPS) is 16.0. The minimum absolute atomic E-state index is 0.372. The van der Waals surface area contributed by atoms with Crippen LogP contribution in [0, 0.1) is 0 Å². The summed E-state index contributed by atoms with van der Waals surface area (Å²) >= 11 is 6.01. The zero-order valence-electron chi connectivity index (χ0n) is 8.03. The Balaban J connectivity index is 2.29. The molecule has 0 aromatic carbocycles. The first kappa shape index (κ1) is 9.52. The summed E-state index contributed by atoms with van der Waals surface area (Å²) in [6, 6.07) is 0.372. The Morgan fingerprint density at radius 1 is 1.43 bits per heavy atom. The lowest BCUT2D eigenvalue weighted by atomic mass is 10.4. The first-order chi connectivity index (χ1) is 6.81. The van der Waals surface area contributed by atoms with Crippen LogP contribution in [0.15, 0.2) is 6.20 Å². The molecule has 4 nitrogen and oxygen atoms in total. The van der Waals surface area contributed by atoms with E-state index in [-0.39, 0.29) is 0 Å². The standard InChI is InChI=1S/C9H12ClN3O/c1-14-9-11-6-7(10)8(12-9)13-4-2-3-5-13/h6H,2-5H2,1H3. The summed E-state index contributed by atoms with van der Waals surface area (Å²) in [4.78, 5) is 10.3. The van der Waals surface area contributed by atoms with Crippen molar-refractivity contribution in [2.45, 2.75) is 12.8 Å². The van der Waals surface area contributed by atoms with Crippen molar-refractivity contribution in [2.75, 3.05) is 25.1 Å². The maximum atomic E-state index is 6.01. The average molecular weight is 214 g/mol. The molecule has 0 amide bonds. The first-order valence-corrected chi connectivity index (χ1v) is 5.00. The van der Waals surface area contributed by atoms with Crippen LogP contribution in [0.4, 0.5) is 5.82 Å². The minimum atomic E-state index is 0.372. The van der Waals surface area contributed by atoms with E-state index < -0.39 is 0 Å². The number of methoxy groups -OCH3 is 1. The van der Waals surface area contributed by atoms with Gasteiger partial charge in [-0.1, -0.05) is 11.6 Å². The molecule has 0 bridgehead atoms. The van der Waals surface area contributed by atoms with Gasteiger partial charge in [-0.15, -0.1) is 0 Å². The summed E-state index contributed by atoms with van der Waals surface area (Å²) in [5.41, 5.74) is 0. The minimum Gasteiger partial charge on any atom is -0.467 e. The lowest BCUT2D eigenvalue weighted by Gasteiger charge is -2.17. The van der Waals surface area contributed by atoms with E-state index >= 15 is 0 Å². The number of nitrogens with zero attached hydrogens (tertiary/aromatic N) is 3.